The molecule has 0 saturated heterocycles. The van der Waals surface area contributed by atoms with Crippen LogP contribution < -0.4 is 10.9 Å². The molecule has 0 radical (unpaired) electrons. The Morgan fingerprint density at radius 1 is 1.18 bits per heavy atom. The minimum absolute atomic E-state index is 0.210. The maximum atomic E-state index is 13.3. The lowest BCUT2D eigenvalue weighted by Gasteiger charge is -2.11. The molecule has 28 heavy (non-hydrogen) atoms. The van der Waals surface area contributed by atoms with E-state index in [2.05, 4.69) is 15.4 Å². The number of carbonyl (C=O) groups is 1. The molecule has 1 aliphatic carbocycles. The highest BCUT2D eigenvalue weighted by Gasteiger charge is 2.28. The van der Waals surface area contributed by atoms with Crippen molar-refractivity contribution in [2.75, 3.05) is 5.32 Å². The number of amides is 1. The molecule has 1 amide bonds. The third-order valence-corrected chi connectivity index (χ3v) is 4.86. The molecule has 4 aromatic rings. The Balaban J connectivity index is 1.58. The quantitative estimate of drug-likeness (QED) is 0.593. The van der Waals surface area contributed by atoms with Crippen LogP contribution in [0.1, 0.15) is 24.5 Å². The number of benzene rings is 1. The number of hydrogen-bond acceptors (Lipinski definition) is 4. The number of nitrogens with zero attached hydrogens (tertiary/aromatic N) is 4. The van der Waals surface area contributed by atoms with E-state index in [9.17, 15) is 14.0 Å². The lowest BCUT2D eigenvalue weighted by atomic mass is 10.3. The van der Waals surface area contributed by atoms with E-state index in [-0.39, 0.29) is 12.1 Å². The van der Waals surface area contributed by atoms with Gasteiger partial charge in [-0.05, 0) is 49.2 Å². The first-order valence-electron chi connectivity index (χ1n) is 9.03. The number of aromatic nitrogens is 4. The standard InChI is InChI=1S/C20H16FN5O2/c21-13-3-1-4-14(9-13)23-18(27)11-25-16-5-2-8-22-19(16)26-17(20(25)28)10-15(24-26)12-6-7-12/h1-5,8-10,12H,6-7,11H2,(H,23,27). The van der Waals surface area contributed by atoms with Crippen LogP contribution >= 0.6 is 0 Å². The fourth-order valence-corrected chi connectivity index (χ4v) is 3.37. The minimum Gasteiger partial charge on any atom is -0.324 e. The highest BCUT2D eigenvalue weighted by atomic mass is 19.1. The highest BCUT2D eigenvalue weighted by Crippen LogP contribution is 2.39. The Bertz CT molecular complexity index is 1290. The summed E-state index contributed by atoms with van der Waals surface area (Å²) >= 11 is 0. The van der Waals surface area contributed by atoms with E-state index < -0.39 is 11.7 Å². The normalized spacial score (nSPS) is 13.9. The van der Waals surface area contributed by atoms with Crippen molar-refractivity contribution in [3.8, 4) is 0 Å². The fraction of sp³-hybridized carbons (Fsp3) is 0.200. The molecule has 1 N–H and O–H groups in total. The Hall–Kier alpha value is -3.55. The van der Waals surface area contributed by atoms with Gasteiger partial charge in [0.1, 0.15) is 17.9 Å². The van der Waals surface area contributed by atoms with Gasteiger partial charge in [0, 0.05) is 17.8 Å². The lowest BCUT2D eigenvalue weighted by Crippen LogP contribution is -2.29. The summed E-state index contributed by atoms with van der Waals surface area (Å²) in [5.41, 5.74) is 2.33. The van der Waals surface area contributed by atoms with E-state index in [1.807, 2.05) is 0 Å². The van der Waals surface area contributed by atoms with Crippen LogP contribution in [-0.4, -0.2) is 25.1 Å². The molecule has 1 aromatic carbocycles. The molecule has 3 aromatic heterocycles. The van der Waals surface area contributed by atoms with Crippen LogP contribution in [0.4, 0.5) is 10.1 Å². The second-order valence-electron chi connectivity index (χ2n) is 6.94. The van der Waals surface area contributed by atoms with Crippen molar-refractivity contribution < 1.29 is 9.18 Å². The summed E-state index contributed by atoms with van der Waals surface area (Å²) in [7, 11) is 0. The zero-order valence-electron chi connectivity index (χ0n) is 14.8. The fourth-order valence-electron chi connectivity index (χ4n) is 3.37. The van der Waals surface area contributed by atoms with Crippen molar-refractivity contribution in [3.05, 3.63) is 70.5 Å². The number of fused-ring (bicyclic) bond motifs is 3. The summed E-state index contributed by atoms with van der Waals surface area (Å²) in [6.45, 7) is -0.210. The first-order valence-corrected chi connectivity index (χ1v) is 9.03. The molecule has 3 heterocycles. The predicted molar refractivity (Wildman–Crippen MR) is 102 cm³/mol. The van der Waals surface area contributed by atoms with Gasteiger partial charge in [0.25, 0.3) is 5.56 Å². The molecule has 0 unspecified atom stereocenters. The van der Waals surface area contributed by atoms with Crippen LogP contribution in [0.3, 0.4) is 0 Å². The van der Waals surface area contributed by atoms with Crippen molar-refractivity contribution >= 4 is 28.3 Å². The van der Waals surface area contributed by atoms with E-state index in [0.29, 0.717) is 28.3 Å². The Labute approximate surface area is 158 Å². The number of anilines is 1. The average Bonchev–Trinajstić information content (AvgIpc) is 3.43. The van der Waals surface area contributed by atoms with Gasteiger partial charge in [-0.3, -0.25) is 14.2 Å². The minimum atomic E-state index is -0.446. The van der Waals surface area contributed by atoms with E-state index in [0.717, 1.165) is 18.5 Å². The third kappa shape index (κ3) is 2.83. The molecule has 8 heteroatoms. The molecular formula is C20H16FN5O2. The predicted octanol–water partition coefficient (Wildman–Crippen LogP) is 2.70. The van der Waals surface area contributed by atoms with E-state index in [1.165, 1.54) is 22.8 Å². The lowest BCUT2D eigenvalue weighted by molar-refractivity contribution is -0.116. The van der Waals surface area contributed by atoms with Crippen molar-refractivity contribution in [2.45, 2.75) is 25.3 Å². The number of pyridine rings is 1. The molecule has 7 nitrogen and oxygen atoms in total. The highest BCUT2D eigenvalue weighted by molar-refractivity contribution is 5.91. The largest absolute Gasteiger partial charge is 0.324 e. The topological polar surface area (TPSA) is 81.3 Å². The molecule has 0 aliphatic heterocycles. The number of nitrogens with one attached hydrogen (secondary N) is 1. The van der Waals surface area contributed by atoms with Gasteiger partial charge < -0.3 is 5.32 Å². The van der Waals surface area contributed by atoms with E-state index >= 15 is 0 Å². The summed E-state index contributed by atoms with van der Waals surface area (Å²) in [5.74, 6) is -0.482. The van der Waals surface area contributed by atoms with Gasteiger partial charge in [-0.2, -0.15) is 5.10 Å². The molecule has 5 rings (SSSR count). The van der Waals surface area contributed by atoms with Gasteiger partial charge in [0.05, 0.1) is 11.2 Å². The Morgan fingerprint density at radius 2 is 2.04 bits per heavy atom. The van der Waals surface area contributed by atoms with Gasteiger partial charge in [0.2, 0.25) is 5.91 Å². The zero-order chi connectivity index (χ0) is 19.3. The molecular weight excluding hydrogens is 361 g/mol. The second-order valence-corrected chi connectivity index (χ2v) is 6.94. The van der Waals surface area contributed by atoms with Gasteiger partial charge in [-0.15, -0.1) is 0 Å². The van der Waals surface area contributed by atoms with Gasteiger partial charge in [-0.25, -0.2) is 13.9 Å². The monoisotopic (exact) mass is 377 g/mol. The van der Waals surface area contributed by atoms with Gasteiger partial charge in [-0.1, -0.05) is 6.07 Å². The second kappa shape index (κ2) is 6.26. The van der Waals surface area contributed by atoms with Crippen LogP contribution in [0.2, 0.25) is 0 Å². The molecule has 0 atom stereocenters. The summed E-state index contributed by atoms with van der Waals surface area (Å²) in [6.07, 6.45) is 3.76. The van der Waals surface area contributed by atoms with Crippen LogP contribution in [0.5, 0.6) is 0 Å². The first kappa shape index (κ1) is 16.6. The van der Waals surface area contributed by atoms with Crippen molar-refractivity contribution in [2.24, 2.45) is 0 Å². The smallest absolute Gasteiger partial charge is 0.277 e. The maximum absolute atomic E-state index is 13.3. The third-order valence-electron chi connectivity index (χ3n) is 4.86. The average molecular weight is 377 g/mol. The van der Waals surface area contributed by atoms with Crippen LogP contribution in [0.15, 0.2) is 53.5 Å². The molecule has 0 bridgehead atoms. The Morgan fingerprint density at radius 3 is 2.82 bits per heavy atom. The molecule has 1 saturated carbocycles. The van der Waals surface area contributed by atoms with Crippen molar-refractivity contribution in [1.82, 2.24) is 19.2 Å². The summed E-state index contributed by atoms with van der Waals surface area (Å²) in [4.78, 5) is 30.0. The summed E-state index contributed by atoms with van der Waals surface area (Å²) in [5, 5.41) is 7.18. The van der Waals surface area contributed by atoms with Crippen molar-refractivity contribution in [3.63, 3.8) is 0 Å². The number of carbonyl (C=O) groups excluding carboxylic acids is 1. The SMILES string of the molecule is O=C(Cn1c(=O)c2cc(C3CC3)nn2c2ncccc21)Nc1cccc(F)c1. The molecule has 140 valence electrons. The summed E-state index contributed by atoms with van der Waals surface area (Å²) < 4.78 is 16.3. The van der Waals surface area contributed by atoms with Gasteiger partial charge in [0.15, 0.2) is 5.65 Å². The van der Waals surface area contributed by atoms with Crippen LogP contribution in [0, 0.1) is 5.82 Å². The maximum Gasteiger partial charge on any atom is 0.277 e. The summed E-state index contributed by atoms with van der Waals surface area (Å²) in [6, 6.07) is 10.8. The molecule has 1 aliphatic rings. The van der Waals surface area contributed by atoms with Gasteiger partial charge >= 0.3 is 0 Å². The Kier molecular flexibility index (Phi) is 3.71. The van der Waals surface area contributed by atoms with Crippen molar-refractivity contribution in [1.29, 1.82) is 0 Å². The number of hydrogen-bond donors (Lipinski definition) is 1. The van der Waals surface area contributed by atoms with Crippen LogP contribution in [-0.2, 0) is 11.3 Å². The molecule has 1 fully saturated rings. The van der Waals surface area contributed by atoms with Crippen LogP contribution in [0.25, 0.3) is 16.7 Å². The number of rotatable bonds is 4. The zero-order valence-corrected chi connectivity index (χ0v) is 14.8. The molecule has 0 spiro atoms. The van der Waals surface area contributed by atoms with E-state index in [1.54, 1.807) is 35.0 Å². The first-order chi connectivity index (χ1) is 13.6. The van der Waals surface area contributed by atoms with E-state index in [4.69, 9.17) is 0 Å². The number of halogens is 1.